The van der Waals surface area contributed by atoms with Gasteiger partial charge in [0.15, 0.2) is 0 Å². The summed E-state index contributed by atoms with van der Waals surface area (Å²) in [6.45, 7) is 13.5. The molecule has 2 aliphatic rings. The SMILES string of the molecule is CC(C)C1CCCN(C(C)C(C)CNC2CC2)CC1. The lowest BCUT2D eigenvalue weighted by molar-refractivity contribution is 0.161. The molecule has 1 saturated carbocycles. The van der Waals surface area contributed by atoms with Crippen molar-refractivity contribution in [3.63, 3.8) is 0 Å². The first-order chi connectivity index (χ1) is 9.08. The average Bonchev–Trinajstić information content (AvgIpc) is 3.20. The molecule has 1 N–H and O–H groups in total. The highest BCUT2D eigenvalue weighted by Crippen LogP contribution is 2.26. The fourth-order valence-electron chi connectivity index (χ4n) is 3.39. The van der Waals surface area contributed by atoms with Crippen molar-refractivity contribution in [2.75, 3.05) is 19.6 Å². The summed E-state index contributed by atoms with van der Waals surface area (Å²) in [5.41, 5.74) is 0. The molecule has 0 spiro atoms. The van der Waals surface area contributed by atoms with Gasteiger partial charge in [0.05, 0.1) is 0 Å². The minimum absolute atomic E-state index is 0.733. The molecule has 1 saturated heterocycles. The van der Waals surface area contributed by atoms with E-state index in [1.807, 2.05) is 0 Å². The van der Waals surface area contributed by atoms with Crippen LogP contribution in [0.3, 0.4) is 0 Å². The minimum Gasteiger partial charge on any atom is -0.314 e. The van der Waals surface area contributed by atoms with E-state index in [0.717, 1.165) is 29.8 Å². The standard InChI is InChI=1S/C17H34N2/c1-13(2)16-6-5-10-19(11-9-16)15(4)14(3)12-18-17-7-8-17/h13-18H,5-12H2,1-4H3. The molecule has 19 heavy (non-hydrogen) atoms. The molecule has 1 aliphatic carbocycles. The van der Waals surface area contributed by atoms with Crippen LogP contribution in [-0.4, -0.2) is 36.6 Å². The lowest BCUT2D eigenvalue weighted by Gasteiger charge is -2.32. The average molecular weight is 266 g/mol. The smallest absolute Gasteiger partial charge is 0.0105 e. The number of hydrogen-bond donors (Lipinski definition) is 1. The lowest BCUT2D eigenvalue weighted by Crippen LogP contribution is -2.42. The first kappa shape index (κ1) is 15.3. The molecule has 2 rings (SSSR count). The van der Waals surface area contributed by atoms with E-state index in [0.29, 0.717) is 0 Å². The summed E-state index contributed by atoms with van der Waals surface area (Å²) in [6.07, 6.45) is 7.05. The second kappa shape index (κ2) is 7.08. The molecule has 0 aromatic heterocycles. The molecule has 2 fully saturated rings. The molecule has 1 aliphatic heterocycles. The Balaban J connectivity index is 1.75. The maximum absolute atomic E-state index is 3.69. The number of nitrogens with zero attached hydrogens (tertiary/aromatic N) is 1. The van der Waals surface area contributed by atoms with Gasteiger partial charge >= 0.3 is 0 Å². The summed E-state index contributed by atoms with van der Waals surface area (Å²) in [5.74, 6) is 2.59. The predicted molar refractivity (Wildman–Crippen MR) is 83.4 cm³/mol. The third kappa shape index (κ3) is 4.75. The van der Waals surface area contributed by atoms with E-state index in [9.17, 15) is 0 Å². The first-order valence-corrected chi connectivity index (χ1v) is 8.55. The fraction of sp³-hybridized carbons (Fsp3) is 1.00. The molecule has 1 heterocycles. The summed E-state index contributed by atoms with van der Waals surface area (Å²) in [5, 5.41) is 3.69. The summed E-state index contributed by atoms with van der Waals surface area (Å²) in [4.78, 5) is 2.75. The lowest BCUT2D eigenvalue weighted by atomic mass is 9.89. The highest BCUT2D eigenvalue weighted by molar-refractivity contribution is 4.84. The van der Waals surface area contributed by atoms with Gasteiger partial charge in [-0.25, -0.2) is 0 Å². The maximum Gasteiger partial charge on any atom is 0.0105 e. The van der Waals surface area contributed by atoms with Crippen molar-refractivity contribution in [3.05, 3.63) is 0 Å². The zero-order chi connectivity index (χ0) is 13.8. The van der Waals surface area contributed by atoms with Gasteiger partial charge in [0, 0.05) is 12.1 Å². The number of rotatable bonds is 6. The van der Waals surface area contributed by atoms with E-state index in [2.05, 4.69) is 37.9 Å². The molecule has 112 valence electrons. The zero-order valence-electron chi connectivity index (χ0n) is 13.5. The number of hydrogen-bond acceptors (Lipinski definition) is 2. The number of likely N-dealkylation sites (tertiary alicyclic amines) is 1. The Morgan fingerprint density at radius 1 is 1.00 bits per heavy atom. The van der Waals surface area contributed by atoms with Crippen molar-refractivity contribution in [2.45, 2.75) is 71.9 Å². The van der Waals surface area contributed by atoms with Gasteiger partial charge in [-0.15, -0.1) is 0 Å². The van der Waals surface area contributed by atoms with E-state index in [1.54, 1.807) is 0 Å². The molecule has 2 heteroatoms. The maximum atomic E-state index is 3.69. The highest BCUT2D eigenvalue weighted by atomic mass is 15.2. The summed E-state index contributed by atoms with van der Waals surface area (Å²) < 4.78 is 0. The van der Waals surface area contributed by atoms with Gasteiger partial charge < -0.3 is 10.2 Å². The molecular weight excluding hydrogens is 232 g/mol. The molecule has 2 nitrogen and oxygen atoms in total. The van der Waals surface area contributed by atoms with Crippen LogP contribution in [-0.2, 0) is 0 Å². The quantitative estimate of drug-likeness (QED) is 0.791. The zero-order valence-corrected chi connectivity index (χ0v) is 13.5. The van der Waals surface area contributed by atoms with Gasteiger partial charge in [-0.1, -0.05) is 20.8 Å². The van der Waals surface area contributed by atoms with Gasteiger partial charge in [-0.2, -0.15) is 0 Å². The van der Waals surface area contributed by atoms with E-state index < -0.39 is 0 Å². The van der Waals surface area contributed by atoms with Gasteiger partial charge in [-0.3, -0.25) is 0 Å². The Hall–Kier alpha value is -0.0800. The van der Waals surface area contributed by atoms with Crippen LogP contribution in [0.2, 0.25) is 0 Å². The predicted octanol–water partition coefficient (Wildman–Crippen LogP) is 3.52. The van der Waals surface area contributed by atoms with Crippen molar-refractivity contribution < 1.29 is 0 Å². The topological polar surface area (TPSA) is 15.3 Å². The van der Waals surface area contributed by atoms with Gasteiger partial charge in [0.1, 0.15) is 0 Å². The molecule has 0 bridgehead atoms. The second-order valence-electron chi connectivity index (χ2n) is 7.37. The summed E-state index contributed by atoms with van der Waals surface area (Å²) >= 11 is 0. The normalized spacial score (nSPS) is 29.2. The molecular formula is C17H34N2. The van der Waals surface area contributed by atoms with E-state index >= 15 is 0 Å². The van der Waals surface area contributed by atoms with Crippen LogP contribution in [0.1, 0.15) is 59.8 Å². The van der Waals surface area contributed by atoms with Crippen LogP contribution < -0.4 is 5.32 Å². The van der Waals surface area contributed by atoms with Crippen LogP contribution in [0.4, 0.5) is 0 Å². The third-order valence-electron chi connectivity index (χ3n) is 5.46. The molecule has 0 aromatic carbocycles. The monoisotopic (exact) mass is 266 g/mol. The largest absolute Gasteiger partial charge is 0.314 e. The Bertz CT molecular complexity index is 260. The molecule has 3 atom stereocenters. The summed E-state index contributed by atoms with van der Waals surface area (Å²) in [6, 6.07) is 1.58. The first-order valence-electron chi connectivity index (χ1n) is 8.55. The van der Waals surface area contributed by atoms with Crippen LogP contribution in [0.5, 0.6) is 0 Å². The van der Waals surface area contributed by atoms with Crippen molar-refractivity contribution in [2.24, 2.45) is 17.8 Å². The Morgan fingerprint density at radius 3 is 2.37 bits per heavy atom. The fourth-order valence-corrected chi connectivity index (χ4v) is 3.39. The molecule has 0 amide bonds. The van der Waals surface area contributed by atoms with Gasteiger partial charge in [0.2, 0.25) is 0 Å². The van der Waals surface area contributed by atoms with Crippen LogP contribution >= 0.6 is 0 Å². The number of nitrogens with one attached hydrogen (secondary N) is 1. The van der Waals surface area contributed by atoms with Crippen molar-refractivity contribution in [1.82, 2.24) is 10.2 Å². The Labute approximate surface area is 120 Å². The Morgan fingerprint density at radius 2 is 1.74 bits per heavy atom. The second-order valence-corrected chi connectivity index (χ2v) is 7.37. The van der Waals surface area contributed by atoms with E-state index in [4.69, 9.17) is 0 Å². The molecule has 0 aromatic rings. The van der Waals surface area contributed by atoms with Crippen LogP contribution in [0, 0.1) is 17.8 Å². The molecule has 0 radical (unpaired) electrons. The van der Waals surface area contributed by atoms with Crippen LogP contribution in [0.25, 0.3) is 0 Å². The van der Waals surface area contributed by atoms with Crippen molar-refractivity contribution in [3.8, 4) is 0 Å². The van der Waals surface area contributed by atoms with Crippen LogP contribution in [0.15, 0.2) is 0 Å². The van der Waals surface area contributed by atoms with Crippen molar-refractivity contribution >= 4 is 0 Å². The highest BCUT2D eigenvalue weighted by Gasteiger charge is 2.26. The van der Waals surface area contributed by atoms with Crippen molar-refractivity contribution in [1.29, 1.82) is 0 Å². The molecule has 3 unspecified atom stereocenters. The van der Waals surface area contributed by atoms with Gasteiger partial charge in [-0.05, 0) is 76.4 Å². The summed E-state index contributed by atoms with van der Waals surface area (Å²) in [7, 11) is 0. The third-order valence-corrected chi connectivity index (χ3v) is 5.46. The van der Waals surface area contributed by atoms with E-state index in [-0.39, 0.29) is 0 Å². The van der Waals surface area contributed by atoms with Gasteiger partial charge in [0.25, 0.3) is 0 Å². The van der Waals surface area contributed by atoms with E-state index in [1.165, 1.54) is 51.7 Å². The minimum atomic E-state index is 0.733. The Kier molecular flexibility index (Phi) is 5.70.